The Morgan fingerprint density at radius 3 is 2.55 bits per heavy atom. The topological polar surface area (TPSA) is 66.8 Å². The minimum atomic E-state index is -1.00. The molecule has 0 saturated carbocycles. The van der Waals surface area contributed by atoms with Gasteiger partial charge in [0.25, 0.3) is 0 Å². The van der Waals surface area contributed by atoms with Gasteiger partial charge in [-0.2, -0.15) is 0 Å². The summed E-state index contributed by atoms with van der Waals surface area (Å²) >= 11 is 0. The minimum absolute atomic E-state index is 0.359. The van der Waals surface area contributed by atoms with Gasteiger partial charge >= 0.3 is 5.97 Å². The largest absolute Gasteiger partial charge is 0.479 e. The lowest BCUT2D eigenvalue weighted by atomic mass is 10.0. The molecule has 0 bridgehead atoms. The van der Waals surface area contributed by atoms with Crippen LogP contribution in [-0.4, -0.2) is 22.3 Å². The molecule has 0 radical (unpaired) electrons. The number of aliphatic hydroxyl groups is 1. The minimum Gasteiger partial charge on any atom is -0.479 e. The summed E-state index contributed by atoms with van der Waals surface area (Å²) in [5.41, 5.74) is 0.600. The van der Waals surface area contributed by atoms with E-state index in [0.717, 1.165) is 10.8 Å². The van der Waals surface area contributed by atoms with Crippen molar-refractivity contribution < 1.29 is 19.7 Å². The number of aliphatic hydroxyl groups excluding tert-OH is 1. The van der Waals surface area contributed by atoms with E-state index in [-0.39, 0.29) is 0 Å². The molecule has 2 rings (SSSR count). The fraction of sp³-hybridized carbons (Fsp3) is 0.312. The third-order valence-electron chi connectivity index (χ3n) is 3.27. The summed E-state index contributed by atoms with van der Waals surface area (Å²) in [5, 5.41) is 20.8. The zero-order valence-electron chi connectivity index (χ0n) is 11.5. The van der Waals surface area contributed by atoms with E-state index in [0.29, 0.717) is 17.7 Å². The quantitative estimate of drug-likeness (QED) is 0.879. The van der Waals surface area contributed by atoms with Crippen molar-refractivity contribution >= 4 is 16.7 Å². The number of ether oxygens (including phenoxy) is 1. The van der Waals surface area contributed by atoms with Crippen LogP contribution in [0.2, 0.25) is 0 Å². The first kappa shape index (κ1) is 14.3. The van der Waals surface area contributed by atoms with E-state index >= 15 is 0 Å². The summed E-state index contributed by atoms with van der Waals surface area (Å²) in [5.74, 6) is -0.552. The van der Waals surface area contributed by atoms with Crippen LogP contribution in [0.1, 0.15) is 31.9 Å². The second-order valence-electron chi connectivity index (χ2n) is 4.73. The van der Waals surface area contributed by atoms with Crippen LogP contribution in [0.3, 0.4) is 0 Å². The van der Waals surface area contributed by atoms with Gasteiger partial charge in [-0.1, -0.05) is 43.3 Å². The molecule has 0 aliphatic heterocycles. The molecule has 106 valence electrons. The number of hydrogen-bond donors (Lipinski definition) is 2. The summed E-state index contributed by atoms with van der Waals surface area (Å²) in [6.07, 6.45) is -1.28. The Morgan fingerprint density at radius 1 is 1.25 bits per heavy atom. The van der Waals surface area contributed by atoms with E-state index in [9.17, 15) is 9.90 Å². The number of rotatable bonds is 5. The molecule has 2 atom stereocenters. The van der Waals surface area contributed by atoms with Crippen molar-refractivity contribution in [2.75, 3.05) is 0 Å². The van der Waals surface area contributed by atoms with Gasteiger partial charge in [0.05, 0.1) is 6.10 Å². The van der Waals surface area contributed by atoms with Crippen LogP contribution in [0.15, 0.2) is 36.4 Å². The van der Waals surface area contributed by atoms with Crippen LogP contribution in [-0.2, 0) is 4.79 Å². The molecular weight excluding hydrogens is 256 g/mol. The van der Waals surface area contributed by atoms with E-state index in [1.54, 1.807) is 19.9 Å². The van der Waals surface area contributed by atoms with E-state index in [1.807, 2.05) is 30.3 Å². The molecule has 4 heteroatoms. The van der Waals surface area contributed by atoms with E-state index < -0.39 is 18.2 Å². The highest BCUT2D eigenvalue weighted by Crippen LogP contribution is 2.34. The summed E-state index contributed by atoms with van der Waals surface area (Å²) < 4.78 is 5.67. The average Bonchev–Trinajstić information content (AvgIpc) is 2.43. The predicted octanol–water partition coefficient (Wildman–Crippen LogP) is 3.14. The van der Waals surface area contributed by atoms with Gasteiger partial charge < -0.3 is 14.9 Å². The number of aliphatic carboxylic acids is 1. The Hall–Kier alpha value is -2.07. The third-order valence-corrected chi connectivity index (χ3v) is 3.27. The number of hydrogen-bond acceptors (Lipinski definition) is 3. The molecule has 0 aliphatic rings. The number of carbonyl (C=O) groups is 1. The lowest BCUT2D eigenvalue weighted by Crippen LogP contribution is -2.26. The fourth-order valence-corrected chi connectivity index (χ4v) is 2.17. The first-order valence-corrected chi connectivity index (χ1v) is 6.63. The molecule has 0 aliphatic carbocycles. The molecule has 1 unspecified atom stereocenters. The normalized spacial score (nSPS) is 13.9. The molecule has 2 aromatic rings. The highest BCUT2D eigenvalue weighted by atomic mass is 16.5. The van der Waals surface area contributed by atoms with Crippen LogP contribution in [0.5, 0.6) is 5.75 Å². The maximum atomic E-state index is 11.2. The predicted molar refractivity (Wildman–Crippen MR) is 76.9 cm³/mol. The lowest BCUT2D eigenvalue weighted by molar-refractivity contribution is -0.145. The summed E-state index contributed by atoms with van der Waals surface area (Å²) in [6, 6.07) is 11.2. The molecule has 4 nitrogen and oxygen atoms in total. The molecule has 0 heterocycles. The molecule has 0 spiro atoms. The number of carboxylic acid groups (broad SMARTS) is 1. The highest BCUT2D eigenvalue weighted by Gasteiger charge is 2.21. The Bertz CT molecular complexity index is 619. The van der Waals surface area contributed by atoms with Gasteiger partial charge in [-0.3, -0.25) is 0 Å². The van der Waals surface area contributed by atoms with Crippen molar-refractivity contribution in [1.29, 1.82) is 0 Å². The van der Waals surface area contributed by atoms with E-state index in [2.05, 4.69) is 0 Å². The van der Waals surface area contributed by atoms with Crippen molar-refractivity contribution in [3.05, 3.63) is 42.0 Å². The number of carboxylic acids is 1. The number of fused-ring (bicyclic) bond motifs is 1. The maximum absolute atomic E-state index is 11.2. The zero-order chi connectivity index (χ0) is 14.7. The van der Waals surface area contributed by atoms with Gasteiger partial charge in [-0.25, -0.2) is 4.79 Å². The van der Waals surface area contributed by atoms with Gasteiger partial charge in [0.2, 0.25) is 0 Å². The zero-order valence-corrected chi connectivity index (χ0v) is 11.5. The van der Waals surface area contributed by atoms with Crippen LogP contribution < -0.4 is 4.74 Å². The van der Waals surface area contributed by atoms with E-state index in [4.69, 9.17) is 9.84 Å². The monoisotopic (exact) mass is 274 g/mol. The van der Waals surface area contributed by atoms with Gasteiger partial charge in [-0.05, 0) is 18.7 Å². The van der Waals surface area contributed by atoms with Crippen LogP contribution >= 0.6 is 0 Å². The summed E-state index contributed by atoms with van der Waals surface area (Å²) in [7, 11) is 0. The fourth-order valence-electron chi connectivity index (χ4n) is 2.17. The molecular formula is C16H18O4. The summed E-state index contributed by atoms with van der Waals surface area (Å²) in [4.78, 5) is 11.2. The molecule has 2 N–H and O–H groups in total. The summed E-state index contributed by atoms with van der Waals surface area (Å²) in [6.45, 7) is 3.39. The number of benzene rings is 2. The highest BCUT2D eigenvalue weighted by molar-refractivity contribution is 5.90. The van der Waals surface area contributed by atoms with Gasteiger partial charge in [-0.15, -0.1) is 0 Å². The standard InChI is InChI=1S/C16H18O4/c1-3-14(16(18)19)20-15-12(10(2)17)9-8-11-6-4-5-7-13(11)15/h4-10,14,17H,3H2,1-2H3,(H,18,19)/t10-,14?/m0/s1. The van der Waals surface area contributed by atoms with Crippen LogP contribution in [0.4, 0.5) is 0 Å². The van der Waals surface area contributed by atoms with Crippen LogP contribution in [0.25, 0.3) is 10.8 Å². The first-order valence-electron chi connectivity index (χ1n) is 6.63. The molecule has 0 fully saturated rings. The molecule has 2 aromatic carbocycles. The Kier molecular flexibility index (Phi) is 4.25. The maximum Gasteiger partial charge on any atom is 0.344 e. The SMILES string of the molecule is CCC(Oc1c([C@H](C)O)ccc2ccccc12)C(=O)O. The van der Waals surface area contributed by atoms with Crippen molar-refractivity contribution in [1.82, 2.24) is 0 Å². The smallest absolute Gasteiger partial charge is 0.344 e. The average molecular weight is 274 g/mol. The lowest BCUT2D eigenvalue weighted by Gasteiger charge is -2.19. The first-order chi connectivity index (χ1) is 9.54. The van der Waals surface area contributed by atoms with Crippen molar-refractivity contribution in [3.63, 3.8) is 0 Å². The molecule has 0 aromatic heterocycles. The second-order valence-corrected chi connectivity index (χ2v) is 4.73. The third kappa shape index (κ3) is 2.75. The van der Waals surface area contributed by atoms with Gasteiger partial charge in [0.1, 0.15) is 5.75 Å². The van der Waals surface area contributed by atoms with E-state index in [1.165, 1.54) is 0 Å². The second kappa shape index (κ2) is 5.92. The molecule has 0 saturated heterocycles. The Balaban J connectivity index is 2.57. The Morgan fingerprint density at radius 2 is 1.95 bits per heavy atom. The molecule has 0 amide bonds. The van der Waals surface area contributed by atoms with Gasteiger partial charge in [0.15, 0.2) is 6.10 Å². The molecule has 20 heavy (non-hydrogen) atoms. The van der Waals surface area contributed by atoms with Crippen molar-refractivity contribution in [2.45, 2.75) is 32.5 Å². The Labute approximate surface area is 117 Å². The van der Waals surface area contributed by atoms with Crippen LogP contribution in [0, 0.1) is 0 Å². The van der Waals surface area contributed by atoms with Crippen molar-refractivity contribution in [3.8, 4) is 5.75 Å². The van der Waals surface area contributed by atoms with Crippen molar-refractivity contribution in [2.24, 2.45) is 0 Å². The van der Waals surface area contributed by atoms with Gasteiger partial charge in [0, 0.05) is 10.9 Å².